The molecule has 1 heterocycles. The van der Waals surface area contributed by atoms with E-state index in [4.69, 9.17) is 16.3 Å². The minimum atomic E-state index is -0.562. The van der Waals surface area contributed by atoms with E-state index in [1.165, 1.54) is 7.11 Å². The van der Waals surface area contributed by atoms with Crippen molar-refractivity contribution in [3.8, 4) is 0 Å². The molecule has 1 atom stereocenters. The van der Waals surface area contributed by atoms with Crippen molar-refractivity contribution in [1.29, 1.82) is 0 Å². The summed E-state index contributed by atoms with van der Waals surface area (Å²) in [7, 11) is 1.52. The summed E-state index contributed by atoms with van der Waals surface area (Å²) >= 11 is 6.00. The number of ether oxygens (including phenoxy) is 1. The number of carbonyl (C=O) groups excluding carboxylic acids is 1. The van der Waals surface area contributed by atoms with Crippen LogP contribution < -0.4 is 5.32 Å². The highest BCUT2D eigenvalue weighted by Crippen LogP contribution is 2.18. The van der Waals surface area contributed by atoms with E-state index >= 15 is 0 Å². The van der Waals surface area contributed by atoms with Crippen LogP contribution in [0.15, 0.2) is 0 Å². The smallest absolute Gasteiger partial charge is 0.241 e. The van der Waals surface area contributed by atoms with Crippen LogP contribution in [0.5, 0.6) is 0 Å². The third-order valence-corrected chi connectivity index (χ3v) is 3.29. The third kappa shape index (κ3) is 4.81. The highest BCUT2D eigenvalue weighted by molar-refractivity contribution is 6.31. The predicted octanol–water partition coefficient (Wildman–Crippen LogP) is 0.667. The van der Waals surface area contributed by atoms with Crippen molar-refractivity contribution >= 4 is 17.5 Å². The SMILES string of the molecule is COCC(O)CCNC(=O)Cn1nc(C)c(Cl)c1C. The predicted molar refractivity (Wildman–Crippen MR) is 72.2 cm³/mol. The number of aliphatic hydroxyl groups excluding tert-OH is 1. The Bertz CT molecular complexity index is 434. The Morgan fingerprint density at radius 2 is 2.26 bits per heavy atom. The number of nitrogens with zero attached hydrogens (tertiary/aromatic N) is 2. The zero-order valence-corrected chi connectivity index (χ0v) is 12.2. The van der Waals surface area contributed by atoms with Gasteiger partial charge >= 0.3 is 0 Å². The van der Waals surface area contributed by atoms with Gasteiger partial charge in [-0.05, 0) is 20.3 Å². The van der Waals surface area contributed by atoms with E-state index in [1.54, 1.807) is 11.6 Å². The summed E-state index contributed by atoms with van der Waals surface area (Å²) in [5, 5.41) is 16.9. The van der Waals surface area contributed by atoms with Gasteiger partial charge in [-0.15, -0.1) is 0 Å². The van der Waals surface area contributed by atoms with Crippen LogP contribution in [0, 0.1) is 13.8 Å². The quantitative estimate of drug-likeness (QED) is 0.773. The molecule has 0 bridgehead atoms. The zero-order chi connectivity index (χ0) is 14.4. The Morgan fingerprint density at radius 3 is 2.79 bits per heavy atom. The number of amides is 1. The lowest BCUT2D eigenvalue weighted by Crippen LogP contribution is -2.31. The second-order valence-electron chi connectivity index (χ2n) is 4.39. The molecule has 1 amide bonds. The summed E-state index contributed by atoms with van der Waals surface area (Å²) < 4.78 is 6.37. The van der Waals surface area contributed by atoms with E-state index in [0.29, 0.717) is 23.7 Å². The molecular weight excluding hydrogens is 270 g/mol. The molecule has 1 unspecified atom stereocenters. The molecule has 0 aliphatic heterocycles. The molecule has 0 spiro atoms. The fourth-order valence-corrected chi connectivity index (χ4v) is 1.81. The number of hydrogen-bond donors (Lipinski definition) is 2. The Hall–Kier alpha value is -1.11. The summed E-state index contributed by atoms with van der Waals surface area (Å²) in [6, 6.07) is 0. The minimum absolute atomic E-state index is 0.125. The molecular formula is C12H20ClN3O3. The van der Waals surface area contributed by atoms with Crippen LogP contribution in [0.3, 0.4) is 0 Å². The number of aromatic nitrogens is 2. The highest BCUT2D eigenvalue weighted by atomic mass is 35.5. The van der Waals surface area contributed by atoms with E-state index in [0.717, 1.165) is 5.69 Å². The van der Waals surface area contributed by atoms with Crippen LogP contribution in [0.25, 0.3) is 0 Å². The van der Waals surface area contributed by atoms with Gasteiger partial charge in [0.25, 0.3) is 0 Å². The average molecular weight is 290 g/mol. The Morgan fingerprint density at radius 1 is 1.58 bits per heavy atom. The van der Waals surface area contributed by atoms with Gasteiger partial charge in [-0.25, -0.2) is 0 Å². The first-order chi connectivity index (χ1) is 8.95. The molecule has 7 heteroatoms. The minimum Gasteiger partial charge on any atom is -0.391 e. The van der Waals surface area contributed by atoms with Crippen molar-refractivity contribution in [2.24, 2.45) is 0 Å². The maximum Gasteiger partial charge on any atom is 0.241 e. The molecule has 108 valence electrons. The standard InChI is InChI=1S/C12H20ClN3O3/c1-8-12(13)9(2)16(15-8)6-11(18)14-5-4-10(17)7-19-3/h10,17H,4-7H2,1-3H3,(H,14,18). The molecule has 1 rings (SSSR count). The fraction of sp³-hybridized carbons (Fsp3) is 0.667. The molecule has 0 saturated heterocycles. The molecule has 0 aliphatic rings. The van der Waals surface area contributed by atoms with Gasteiger partial charge in [0.05, 0.1) is 29.1 Å². The van der Waals surface area contributed by atoms with Crippen molar-refractivity contribution in [2.75, 3.05) is 20.3 Å². The van der Waals surface area contributed by atoms with E-state index in [9.17, 15) is 9.90 Å². The number of carbonyl (C=O) groups is 1. The second kappa shape index (κ2) is 7.47. The van der Waals surface area contributed by atoms with Gasteiger partial charge in [-0.3, -0.25) is 9.48 Å². The number of methoxy groups -OCH3 is 1. The van der Waals surface area contributed by atoms with E-state index in [2.05, 4.69) is 10.4 Å². The van der Waals surface area contributed by atoms with Gasteiger partial charge in [0.2, 0.25) is 5.91 Å². The number of hydrogen-bond acceptors (Lipinski definition) is 4. The van der Waals surface area contributed by atoms with Crippen LogP contribution >= 0.6 is 11.6 Å². The first-order valence-corrected chi connectivity index (χ1v) is 6.46. The van der Waals surface area contributed by atoms with Crippen LogP contribution in [0.1, 0.15) is 17.8 Å². The lowest BCUT2D eigenvalue weighted by atomic mass is 10.2. The van der Waals surface area contributed by atoms with Crippen LogP contribution in [-0.4, -0.2) is 47.2 Å². The summed E-state index contributed by atoms with van der Waals surface area (Å²) in [6.45, 7) is 4.40. The molecule has 0 radical (unpaired) electrons. The summed E-state index contributed by atoms with van der Waals surface area (Å²) in [4.78, 5) is 11.7. The number of nitrogens with one attached hydrogen (secondary N) is 1. The Balaban J connectivity index is 2.37. The van der Waals surface area contributed by atoms with Crippen LogP contribution in [-0.2, 0) is 16.1 Å². The molecule has 2 N–H and O–H groups in total. The maximum atomic E-state index is 11.7. The van der Waals surface area contributed by atoms with Crippen LogP contribution in [0.4, 0.5) is 0 Å². The second-order valence-corrected chi connectivity index (χ2v) is 4.77. The molecule has 19 heavy (non-hydrogen) atoms. The first kappa shape index (κ1) is 15.9. The van der Waals surface area contributed by atoms with Gasteiger partial charge in [-0.2, -0.15) is 5.10 Å². The maximum absolute atomic E-state index is 11.7. The monoisotopic (exact) mass is 289 g/mol. The number of halogens is 1. The van der Waals surface area contributed by atoms with E-state index in [1.807, 2.05) is 6.92 Å². The Kier molecular flexibility index (Phi) is 6.27. The largest absolute Gasteiger partial charge is 0.391 e. The zero-order valence-electron chi connectivity index (χ0n) is 11.4. The molecule has 0 saturated carbocycles. The fourth-order valence-electron chi connectivity index (χ4n) is 1.67. The van der Waals surface area contributed by atoms with Crippen molar-refractivity contribution < 1.29 is 14.6 Å². The topological polar surface area (TPSA) is 76.4 Å². The molecule has 0 aliphatic carbocycles. The summed E-state index contributed by atoms with van der Waals surface area (Å²) in [6.07, 6.45) is -0.106. The average Bonchev–Trinajstić information content (AvgIpc) is 2.57. The summed E-state index contributed by atoms with van der Waals surface area (Å²) in [5.74, 6) is -0.160. The number of rotatable bonds is 7. The molecule has 6 nitrogen and oxygen atoms in total. The van der Waals surface area contributed by atoms with Crippen LogP contribution in [0.2, 0.25) is 5.02 Å². The lowest BCUT2D eigenvalue weighted by molar-refractivity contribution is -0.122. The molecule has 1 aromatic rings. The third-order valence-electron chi connectivity index (χ3n) is 2.75. The van der Waals surface area contributed by atoms with Gasteiger partial charge < -0.3 is 15.2 Å². The lowest BCUT2D eigenvalue weighted by Gasteiger charge is -2.10. The van der Waals surface area contributed by atoms with Crippen molar-refractivity contribution in [3.05, 3.63) is 16.4 Å². The normalized spacial score (nSPS) is 12.5. The molecule has 1 aromatic heterocycles. The highest BCUT2D eigenvalue weighted by Gasteiger charge is 2.12. The van der Waals surface area contributed by atoms with Crippen molar-refractivity contribution in [1.82, 2.24) is 15.1 Å². The van der Waals surface area contributed by atoms with Gasteiger partial charge in [0, 0.05) is 13.7 Å². The van der Waals surface area contributed by atoms with Gasteiger partial charge in [0.15, 0.2) is 0 Å². The van der Waals surface area contributed by atoms with Gasteiger partial charge in [-0.1, -0.05) is 11.6 Å². The molecule has 0 fully saturated rings. The number of aliphatic hydroxyl groups is 1. The van der Waals surface area contributed by atoms with Crippen molar-refractivity contribution in [2.45, 2.75) is 32.9 Å². The van der Waals surface area contributed by atoms with E-state index < -0.39 is 6.10 Å². The number of aryl methyl sites for hydroxylation is 1. The van der Waals surface area contributed by atoms with E-state index in [-0.39, 0.29) is 19.1 Å². The molecule has 0 aromatic carbocycles. The van der Waals surface area contributed by atoms with Gasteiger partial charge in [0.1, 0.15) is 6.54 Å². The summed E-state index contributed by atoms with van der Waals surface area (Å²) in [5.41, 5.74) is 1.48. The Labute approximate surface area is 117 Å². The first-order valence-electron chi connectivity index (χ1n) is 6.09. The van der Waals surface area contributed by atoms with Crippen molar-refractivity contribution in [3.63, 3.8) is 0 Å².